The Hall–Kier alpha value is -0.320. The lowest BCUT2D eigenvalue weighted by molar-refractivity contribution is -0.217. The van der Waals surface area contributed by atoms with Gasteiger partial charge in [-0.1, -0.05) is 0 Å². The van der Waals surface area contributed by atoms with Gasteiger partial charge in [0, 0.05) is 26.2 Å². The fraction of sp³-hybridized carbons (Fsp3) is 1.00. The molecule has 0 amide bonds. The third-order valence-electron chi connectivity index (χ3n) is 3.32. The van der Waals surface area contributed by atoms with Crippen molar-refractivity contribution in [2.24, 2.45) is 0 Å². The van der Waals surface area contributed by atoms with E-state index < -0.39 is 0 Å². The maximum atomic E-state index is 5.70. The minimum absolute atomic E-state index is 0.567. The summed E-state index contributed by atoms with van der Waals surface area (Å²) in [7, 11) is 0. The monoisotopic (exact) mass is 320 g/mol. The van der Waals surface area contributed by atoms with E-state index in [9.17, 15) is 0 Å². The molecule has 130 valence electrons. The van der Waals surface area contributed by atoms with Crippen LogP contribution in [0.4, 0.5) is 0 Å². The van der Waals surface area contributed by atoms with Crippen molar-refractivity contribution < 1.29 is 28.6 Å². The first kappa shape index (κ1) is 18.0. The zero-order valence-electron chi connectivity index (χ0n) is 13.2. The smallest absolute Gasteiger partial charge is 0.0918 e. The maximum Gasteiger partial charge on any atom is 0.0918 e. The largest absolute Gasteiger partial charge is 0.378 e. The van der Waals surface area contributed by atoms with Crippen LogP contribution in [0.2, 0.25) is 0 Å². The van der Waals surface area contributed by atoms with Gasteiger partial charge in [-0.05, 0) is 0 Å². The Kier molecular flexibility index (Phi) is 9.95. The van der Waals surface area contributed by atoms with Crippen molar-refractivity contribution in [2.75, 3.05) is 92.2 Å². The molecule has 2 heterocycles. The normalized spacial score (nSPS) is 25.6. The number of nitrogens with zero attached hydrogens (tertiary/aromatic N) is 2. The molecule has 2 aliphatic heterocycles. The quantitative estimate of drug-likeness (QED) is 0.693. The van der Waals surface area contributed by atoms with E-state index in [1.54, 1.807) is 0 Å². The molecule has 8 heteroatoms. The second-order valence-electron chi connectivity index (χ2n) is 4.97. The molecule has 22 heavy (non-hydrogen) atoms. The molecular weight excluding hydrogens is 292 g/mol. The van der Waals surface area contributed by atoms with Gasteiger partial charge in [0.05, 0.1) is 66.1 Å². The van der Waals surface area contributed by atoms with Crippen molar-refractivity contribution in [3.63, 3.8) is 0 Å². The third kappa shape index (κ3) is 8.35. The molecule has 0 aromatic heterocycles. The van der Waals surface area contributed by atoms with Crippen molar-refractivity contribution in [3.05, 3.63) is 0 Å². The first-order valence-electron chi connectivity index (χ1n) is 8.02. The predicted molar refractivity (Wildman–Crippen MR) is 78.3 cm³/mol. The number of rotatable bonds is 3. The molecule has 0 spiro atoms. The van der Waals surface area contributed by atoms with Gasteiger partial charge in [0.15, 0.2) is 0 Å². The Morgan fingerprint density at radius 2 is 0.818 bits per heavy atom. The first-order chi connectivity index (χ1) is 10.9. The second kappa shape index (κ2) is 12.1. The Morgan fingerprint density at radius 3 is 1.27 bits per heavy atom. The van der Waals surface area contributed by atoms with Crippen LogP contribution in [0.3, 0.4) is 0 Å². The summed E-state index contributed by atoms with van der Waals surface area (Å²) in [5, 5.41) is 3.82. The van der Waals surface area contributed by atoms with Gasteiger partial charge in [0.25, 0.3) is 0 Å². The van der Waals surface area contributed by atoms with Crippen LogP contribution in [0.25, 0.3) is 0 Å². The van der Waals surface area contributed by atoms with Gasteiger partial charge in [-0.3, -0.25) is 9.68 Å². The summed E-state index contributed by atoms with van der Waals surface area (Å²) < 4.78 is 21.7. The first-order valence-corrected chi connectivity index (χ1v) is 8.02. The molecule has 0 aliphatic carbocycles. The Morgan fingerprint density at radius 1 is 0.455 bits per heavy atom. The summed E-state index contributed by atoms with van der Waals surface area (Å²) in [5.74, 6) is 0. The lowest BCUT2D eigenvalue weighted by Gasteiger charge is -2.27. The Labute approximate surface area is 132 Å². The van der Waals surface area contributed by atoms with E-state index in [0.29, 0.717) is 66.1 Å². The van der Waals surface area contributed by atoms with Gasteiger partial charge in [0.2, 0.25) is 0 Å². The fourth-order valence-electron chi connectivity index (χ4n) is 2.13. The molecule has 2 saturated heterocycles. The molecule has 2 rings (SSSR count). The predicted octanol–water partition coefficient (Wildman–Crippen LogP) is -0.453. The van der Waals surface area contributed by atoms with Crippen LogP contribution >= 0.6 is 0 Å². The lowest BCUT2D eigenvalue weighted by Crippen LogP contribution is -2.40. The van der Waals surface area contributed by atoms with Crippen LogP contribution in [-0.2, 0) is 28.6 Å². The molecule has 0 radical (unpaired) electrons. The molecule has 0 N–H and O–H groups in total. The highest BCUT2D eigenvalue weighted by Gasteiger charge is 2.12. The van der Waals surface area contributed by atoms with Crippen LogP contribution in [0.15, 0.2) is 0 Å². The standard InChI is InChI=1S/C14H28N2O6/c1(15-3-5-17-7-9-19-11-13-21-15)2-16-4-6-18-8-10-20-12-14-22-16/h1-14H2. The maximum absolute atomic E-state index is 5.70. The number of ether oxygens (including phenoxy) is 4. The Bertz CT molecular complexity index is 226. The van der Waals surface area contributed by atoms with Gasteiger partial charge >= 0.3 is 0 Å². The molecule has 2 fully saturated rings. The minimum Gasteiger partial charge on any atom is -0.378 e. The molecule has 8 nitrogen and oxygen atoms in total. The molecule has 0 aromatic carbocycles. The fourth-order valence-corrected chi connectivity index (χ4v) is 2.13. The summed E-state index contributed by atoms with van der Waals surface area (Å²) in [6.45, 7) is 9.10. The van der Waals surface area contributed by atoms with Gasteiger partial charge in [0.1, 0.15) is 0 Å². The van der Waals surface area contributed by atoms with E-state index in [4.69, 9.17) is 28.6 Å². The van der Waals surface area contributed by atoms with Crippen LogP contribution in [-0.4, -0.2) is 102 Å². The highest BCUT2D eigenvalue weighted by Crippen LogP contribution is 1.99. The summed E-state index contributed by atoms with van der Waals surface area (Å²) in [6, 6.07) is 0. The van der Waals surface area contributed by atoms with Crippen molar-refractivity contribution in [3.8, 4) is 0 Å². The average Bonchev–Trinajstić information content (AvgIpc) is 2.56. The molecule has 2 aliphatic rings. The number of hydrogen-bond acceptors (Lipinski definition) is 8. The van der Waals surface area contributed by atoms with Crippen LogP contribution in [0.5, 0.6) is 0 Å². The highest BCUT2D eigenvalue weighted by molar-refractivity contribution is 4.54. The van der Waals surface area contributed by atoms with Crippen molar-refractivity contribution in [1.82, 2.24) is 10.1 Å². The number of hydroxylamine groups is 4. The van der Waals surface area contributed by atoms with E-state index in [1.165, 1.54) is 0 Å². The van der Waals surface area contributed by atoms with E-state index in [1.807, 2.05) is 10.1 Å². The number of hydrogen-bond donors (Lipinski definition) is 0. The van der Waals surface area contributed by atoms with Crippen molar-refractivity contribution in [2.45, 2.75) is 0 Å². The van der Waals surface area contributed by atoms with E-state index in [2.05, 4.69) is 0 Å². The molecule has 0 bridgehead atoms. The second-order valence-corrected chi connectivity index (χ2v) is 4.97. The van der Waals surface area contributed by atoms with Gasteiger partial charge in [-0.25, -0.2) is 0 Å². The topological polar surface area (TPSA) is 61.9 Å². The summed E-state index contributed by atoms with van der Waals surface area (Å²) >= 11 is 0. The molecule has 0 aromatic rings. The van der Waals surface area contributed by atoms with Crippen molar-refractivity contribution >= 4 is 0 Å². The SMILES string of the molecule is C1COCCN(CCN2CCOCCOCCO2)OCCO1. The van der Waals surface area contributed by atoms with Gasteiger partial charge < -0.3 is 18.9 Å². The van der Waals surface area contributed by atoms with E-state index in [-0.39, 0.29) is 0 Å². The zero-order valence-corrected chi connectivity index (χ0v) is 13.2. The minimum atomic E-state index is 0.567. The zero-order chi connectivity index (χ0) is 15.3. The van der Waals surface area contributed by atoms with Crippen LogP contribution in [0, 0.1) is 0 Å². The summed E-state index contributed by atoms with van der Waals surface area (Å²) in [6.07, 6.45) is 0. The highest BCUT2D eigenvalue weighted by atomic mass is 16.7. The lowest BCUT2D eigenvalue weighted by atomic mass is 10.5. The van der Waals surface area contributed by atoms with Crippen LogP contribution < -0.4 is 0 Å². The molecular formula is C14H28N2O6. The average molecular weight is 320 g/mol. The molecule has 0 atom stereocenters. The van der Waals surface area contributed by atoms with E-state index >= 15 is 0 Å². The van der Waals surface area contributed by atoms with Crippen molar-refractivity contribution in [1.29, 1.82) is 0 Å². The summed E-state index contributed by atoms with van der Waals surface area (Å²) in [4.78, 5) is 11.4. The molecule has 0 saturated carbocycles. The van der Waals surface area contributed by atoms with E-state index in [0.717, 1.165) is 26.2 Å². The Balaban J connectivity index is 1.67. The van der Waals surface area contributed by atoms with Gasteiger partial charge in [-0.15, -0.1) is 0 Å². The summed E-state index contributed by atoms with van der Waals surface area (Å²) in [5.41, 5.74) is 0. The molecule has 0 unspecified atom stereocenters. The third-order valence-corrected chi connectivity index (χ3v) is 3.32. The van der Waals surface area contributed by atoms with Gasteiger partial charge in [-0.2, -0.15) is 10.1 Å². The van der Waals surface area contributed by atoms with Crippen LogP contribution in [0.1, 0.15) is 0 Å².